The van der Waals surface area contributed by atoms with E-state index in [2.05, 4.69) is 38.2 Å². The molecule has 0 fully saturated rings. The minimum Gasteiger partial charge on any atom is -0.504 e. The van der Waals surface area contributed by atoms with Crippen LogP contribution in [0.1, 0.15) is 47.8 Å². The molecule has 0 aliphatic carbocycles. The zero-order valence-corrected chi connectivity index (χ0v) is 22.8. The van der Waals surface area contributed by atoms with Crippen molar-refractivity contribution in [3.8, 4) is 17.2 Å². The van der Waals surface area contributed by atoms with Crippen molar-refractivity contribution in [2.24, 2.45) is 0 Å². The molecule has 0 unspecified atom stereocenters. The minimum absolute atomic E-state index is 0.0116. The molecule has 1 amide bonds. The fourth-order valence-electron chi connectivity index (χ4n) is 4.19. The number of phenolic OH excluding ortho intramolecular Hbond substituents is 3. The summed E-state index contributed by atoms with van der Waals surface area (Å²) in [6.45, 7) is 6.39. The van der Waals surface area contributed by atoms with E-state index in [0.29, 0.717) is 12.8 Å². The summed E-state index contributed by atoms with van der Waals surface area (Å²) < 4.78 is 25.9. The molecule has 4 rings (SSSR count). The van der Waals surface area contributed by atoms with Gasteiger partial charge in [-0.05, 0) is 71.3 Å². The number of hydrogen-bond acceptors (Lipinski definition) is 6. The lowest BCUT2D eigenvalue weighted by atomic mass is 9.86. The summed E-state index contributed by atoms with van der Waals surface area (Å²) in [5, 5.41) is 33.7. The van der Waals surface area contributed by atoms with E-state index in [1.165, 1.54) is 48.0 Å². The lowest BCUT2D eigenvalue weighted by molar-refractivity contribution is 0.102. The third-order valence-electron chi connectivity index (χ3n) is 6.53. The smallest absolute Gasteiger partial charge is 0.259 e. The molecule has 0 saturated heterocycles. The van der Waals surface area contributed by atoms with E-state index in [1.807, 2.05) is 12.1 Å². The monoisotopic (exact) mass is 545 g/mol. The van der Waals surface area contributed by atoms with Crippen LogP contribution in [0.5, 0.6) is 17.2 Å². The number of anilines is 1. The topological polar surface area (TPSA) is 124 Å². The first-order chi connectivity index (χ1) is 18.4. The van der Waals surface area contributed by atoms with E-state index in [1.54, 1.807) is 18.2 Å². The molecule has 8 heteroatoms. The molecule has 0 aliphatic rings. The van der Waals surface area contributed by atoms with Crippen molar-refractivity contribution in [3.05, 3.63) is 107 Å². The maximum absolute atomic E-state index is 13.1. The molecule has 0 radical (unpaired) electrons. The normalized spacial score (nSPS) is 11.8. The zero-order chi connectivity index (χ0) is 28.4. The maximum atomic E-state index is 13.1. The highest BCUT2D eigenvalue weighted by Crippen LogP contribution is 2.41. The number of sulfone groups is 1. The van der Waals surface area contributed by atoms with Gasteiger partial charge in [0.05, 0.1) is 15.4 Å². The van der Waals surface area contributed by atoms with Crippen molar-refractivity contribution in [3.63, 3.8) is 0 Å². The van der Waals surface area contributed by atoms with Crippen LogP contribution in [0, 0.1) is 0 Å². The van der Waals surface area contributed by atoms with E-state index in [-0.39, 0.29) is 32.0 Å². The number of nitrogens with one attached hydrogen (secondary N) is 1. The van der Waals surface area contributed by atoms with Crippen molar-refractivity contribution in [1.82, 2.24) is 0 Å². The maximum Gasteiger partial charge on any atom is 0.259 e. The second kappa shape index (κ2) is 10.8. The summed E-state index contributed by atoms with van der Waals surface area (Å²) in [7, 11) is -3.81. The Morgan fingerprint density at radius 1 is 0.744 bits per heavy atom. The van der Waals surface area contributed by atoms with Crippen molar-refractivity contribution in [1.29, 1.82) is 0 Å². The summed E-state index contributed by atoms with van der Waals surface area (Å²) in [6, 6.07) is 23.1. The van der Waals surface area contributed by atoms with Crippen molar-refractivity contribution in [2.75, 3.05) is 5.32 Å². The van der Waals surface area contributed by atoms with Crippen LogP contribution in [0.2, 0.25) is 0 Å². The van der Waals surface area contributed by atoms with Gasteiger partial charge in [-0.2, -0.15) is 0 Å². The molecule has 4 aromatic rings. The average molecular weight is 546 g/mol. The van der Waals surface area contributed by atoms with Gasteiger partial charge < -0.3 is 20.6 Å². The lowest BCUT2D eigenvalue weighted by Gasteiger charge is -2.19. The first-order valence-corrected chi connectivity index (χ1v) is 13.9. The van der Waals surface area contributed by atoms with Crippen molar-refractivity contribution >= 4 is 21.4 Å². The van der Waals surface area contributed by atoms with Gasteiger partial charge in [0.25, 0.3) is 5.91 Å². The van der Waals surface area contributed by atoms with Gasteiger partial charge >= 0.3 is 0 Å². The number of amides is 1. The Hall–Kier alpha value is -4.30. The number of benzene rings is 4. The van der Waals surface area contributed by atoms with Crippen LogP contribution in [0.15, 0.2) is 94.7 Å². The van der Waals surface area contributed by atoms with E-state index < -0.39 is 33.0 Å². The molecule has 4 N–H and O–H groups in total. The first kappa shape index (κ1) is 27.7. The quantitative estimate of drug-likeness (QED) is 0.212. The molecule has 0 heterocycles. The van der Waals surface area contributed by atoms with E-state index >= 15 is 0 Å². The predicted molar refractivity (Wildman–Crippen MR) is 150 cm³/mol. The number of carbonyl (C=O) groups excluding carboxylic acids is 1. The van der Waals surface area contributed by atoms with Crippen LogP contribution in [0.25, 0.3) is 0 Å². The highest BCUT2D eigenvalue weighted by Gasteiger charge is 2.23. The molecule has 0 bridgehead atoms. The van der Waals surface area contributed by atoms with Gasteiger partial charge in [-0.15, -0.1) is 0 Å². The number of carbonyl (C=O) groups is 1. The van der Waals surface area contributed by atoms with Gasteiger partial charge in [0.15, 0.2) is 11.5 Å². The SMILES string of the molecule is CC(C)(C)c1ccc(CCc2cc(C(=O)Nc3cccc(S(=O)(=O)c4ccccc4)c3)c(O)c(O)c2O)cc1. The molecule has 0 atom stereocenters. The summed E-state index contributed by atoms with van der Waals surface area (Å²) in [5.74, 6) is -2.82. The van der Waals surface area contributed by atoms with E-state index in [0.717, 1.165) is 5.56 Å². The van der Waals surface area contributed by atoms with Gasteiger partial charge in [0, 0.05) is 5.69 Å². The van der Waals surface area contributed by atoms with Crippen LogP contribution in [-0.4, -0.2) is 29.6 Å². The van der Waals surface area contributed by atoms with Gasteiger partial charge in [0.2, 0.25) is 15.6 Å². The third-order valence-corrected chi connectivity index (χ3v) is 8.30. The third kappa shape index (κ3) is 6.07. The Kier molecular flexibility index (Phi) is 7.70. The number of aryl methyl sites for hydroxylation is 2. The predicted octanol–water partition coefficient (Wildman–Crippen LogP) is 5.97. The van der Waals surface area contributed by atoms with Gasteiger partial charge in [0.1, 0.15) is 0 Å². The van der Waals surface area contributed by atoms with Crippen molar-refractivity contribution in [2.45, 2.75) is 48.8 Å². The first-order valence-electron chi connectivity index (χ1n) is 12.5. The Morgan fingerprint density at radius 3 is 2.03 bits per heavy atom. The number of aromatic hydroxyl groups is 3. The molecule has 7 nitrogen and oxygen atoms in total. The molecule has 0 aromatic heterocycles. The fraction of sp³-hybridized carbons (Fsp3) is 0.194. The molecule has 39 heavy (non-hydrogen) atoms. The summed E-state index contributed by atoms with van der Waals surface area (Å²) in [6.07, 6.45) is 0.836. The lowest BCUT2D eigenvalue weighted by Crippen LogP contribution is -2.13. The highest BCUT2D eigenvalue weighted by molar-refractivity contribution is 7.91. The largest absolute Gasteiger partial charge is 0.504 e. The zero-order valence-electron chi connectivity index (χ0n) is 22.0. The summed E-state index contributed by atoms with van der Waals surface area (Å²) >= 11 is 0. The van der Waals surface area contributed by atoms with Crippen LogP contribution in [-0.2, 0) is 28.1 Å². The van der Waals surface area contributed by atoms with Crippen LogP contribution in [0.3, 0.4) is 0 Å². The molecular formula is C31H31NO6S. The second-order valence-corrected chi connectivity index (χ2v) is 12.3. The van der Waals surface area contributed by atoms with Gasteiger partial charge in [-0.3, -0.25) is 4.79 Å². The number of hydrogen-bond donors (Lipinski definition) is 4. The minimum atomic E-state index is -3.81. The molecule has 202 valence electrons. The average Bonchev–Trinajstić information content (AvgIpc) is 2.91. The summed E-state index contributed by atoms with van der Waals surface area (Å²) in [5.41, 5.74) is 2.45. The van der Waals surface area contributed by atoms with Crippen LogP contribution in [0.4, 0.5) is 5.69 Å². The standard InChI is InChI=1S/C31H31NO6S/c1-31(2,3)22-16-13-20(14-17-22)12-15-21-18-26(28(34)29(35)27(21)33)30(36)32-23-8-7-11-25(19-23)39(37,38)24-9-5-4-6-10-24/h4-11,13-14,16-19,33-35H,12,15H2,1-3H3,(H,32,36). The molecule has 0 aliphatic heterocycles. The van der Waals surface area contributed by atoms with Crippen LogP contribution >= 0.6 is 0 Å². The molecular weight excluding hydrogens is 514 g/mol. The van der Waals surface area contributed by atoms with Gasteiger partial charge in [-0.25, -0.2) is 8.42 Å². The Balaban J connectivity index is 1.56. The molecule has 0 spiro atoms. The Bertz CT molecular complexity index is 1610. The fourth-order valence-corrected chi connectivity index (χ4v) is 5.52. The van der Waals surface area contributed by atoms with Gasteiger partial charge in [-0.1, -0.05) is 69.3 Å². The molecule has 4 aromatic carbocycles. The number of phenols is 3. The highest BCUT2D eigenvalue weighted by atomic mass is 32.2. The second-order valence-electron chi connectivity index (χ2n) is 10.4. The van der Waals surface area contributed by atoms with E-state index in [4.69, 9.17) is 0 Å². The molecule has 0 saturated carbocycles. The van der Waals surface area contributed by atoms with E-state index in [9.17, 15) is 28.5 Å². The van der Waals surface area contributed by atoms with Crippen LogP contribution < -0.4 is 5.32 Å². The van der Waals surface area contributed by atoms with Crippen molar-refractivity contribution < 1.29 is 28.5 Å². The Labute approximate surface area is 228 Å². The summed E-state index contributed by atoms with van der Waals surface area (Å²) in [4.78, 5) is 13.2. The Morgan fingerprint density at radius 2 is 1.38 bits per heavy atom. The number of rotatable bonds is 7.